The van der Waals surface area contributed by atoms with Gasteiger partial charge in [-0.2, -0.15) is 0 Å². The minimum absolute atomic E-state index is 0.135. The molecule has 0 saturated carbocycles. The highest BCUT2D eigenvalue weighted by atomic mass is 32.1. The lowest BCUT2D eigenvalue weighted by Crippen LogP contribution is -2.14. The summed E-state index contributed by atoms with van der Waals surface area (Å²) < 4.78 is 0. The number of thiazole rings is 1. The third-order valence-corrected chi connectivity index (χ3v) is 3.38. The first-order chi connectivity index (χ1) is 9.52. The predicted octanol–water partition coefficient (Wildman–Crippen LogP) is 2.26. The van der Waals surface area contributed by atoms with E-state index in [1.807, 2.05) is 31.2 Å². The number of aliphatic carboxylic acids is 1. The number of amides is 1. The van der Waals surface area contributed by atoms with Crippen molar-refractivity contribution in [2.75, 3.05) is 5.32 Å². The number of aromatic nitrogens is 1. The fourth-order valence-corrected chi connectivity index (χ4v) is 2.50. The summed E-state index contributed by atoms with van der Waals surface area (Å²) in [6.07, 6.45) is 0.139. The van der Waals surface area contributed by atoms with Crippen molar-refractivity contribution in [1.82, 2.24) is 4.98 Å². The number of anilines is 1. The maximum Gasteiger partial charge on any atom is 0.309 e. The smallest absolute Gasteiger partial charge is 0.309 e. The van der Waals surface area contributed by atoms with E-state index < -0.39 is 5.97 Å². The van der Waals surface area contributed by atoms with Gasteiger partial charge in [-0.1, -0.05) is 29.8 Å². The van der Waals surface area contributed by atoms with Gasteiger partial charge in [0.1, 0.15) is 0 Å². The number of carbonyl (C=O) groups is 2. The van der Waals surface area contributed by atoms with E-state index in [-0.39, 0.29) is 18.7 Å². The molecule has 6 heteroatoms. The first-order valence-corrected chi connectivity index (χ1v) is 6.92. The van der Waals surface area contributed by atoms with Crippen LogP contribution < -0.4 is 5.32 Å². The van der Waals surface area contributed by atoms with Crippen molar-refractivity contribution in [2.45, 2.75) is 19.8 Å². The number of rotatable bonds is 5. The summed E-state index contributed by atoms with van der Waals surface area (Å²) in [7, 11) is 0. The van der Waals surface area contributed by atoms with Gasteiger partial charge < -0.3 is 10.4 Å². The molecule has 0 bridgehead atoms. The molecule has 0 unspecified atom stereocenters. The number of benzene rings is 1. The highest BCUT2D eigenvalue weighted by Gasteiger charge is 2.09. The van der Waals surface area contributed by atoms with Crippen LogP contribution >= 0.6 is 11.3 Å². The van der Waals surface area contributed by atoms with Crippen LogP contribution in [-0.4, -0.2) is 22.0 Å². The minimum atomic E-state index is -0.937. The Hall–Kier alpha value is -2.21. The Balaban J connectivity index is 1.94. The number of aryl methyl sites for hydroxylation is 1. The van der Waals surface area contributed by atoms with Crippen LogP contribution in [0.1, 0.15) is 16.8 Å². The number of hydrogen-bond donors (Lipinski definition) is 2. The summed E-state index contributed by atoms with van der Waals surface area (Å²) in [5, 5.41) is 13.4. The van der Waals surface area contributed by atoms with Crippen LogP contribution in [0.4, 0.5) is 5.13 Å². The van der Waals surface area contributed by atoms with E-state index in [9.17, 15) is 9.59 Å². The Bertz CT molecular complexity index is 637. The fraction of sp³-hybridized carbons (Fsp3) is 0.214. The zero-order chi connectivity index (χ0) is 14.5. The van der Waals surface area contributed by atoms with E-state index in [0.717, 1.165) is 11.1 Å². The van der Waals surface area contributed by atoms with E-state index in [2.05, 4.69) is 10.3 Å². The molecule has 0 atom stereocenters. The highest BCUT2D eigenvalue weighted by Crippen LogP contribution is 2.16. The zero-order valence-corrected chi connectivity index (χ0v) is 11.7. The van der Waals surface area contributed by atoms with Crippen LogP contribution in [0, 0.1) is 6.92 Å². The number of nitrogens with one attached hydrogen (secondary N) is 1. The van der Waals surface area contributed by atoms with Gasteiger partial charge in [-0.15, -0.1) is 11.3 Å². The van der Waals surface area contributed by atoms with Gasteiger partial charge in [-0.25, -0.2) is 4.98 Å². The van der Waals surface area contributed by atoms with Crippen molar-refractivity contribution < 1.29 is 14.7 Å². The molecule has 0 spiro atoms. The second-order valence-electron chi connectivity index (χ2n) is 4.43. The average Bonchev–Trinajstić information content (AvgIpc) is 2.75. The van der Waals surface area contributed by atoms with Crippen molar-refractivity contribution in [1.29, 1.82) is 0 Å². The van der Waals surface area contributed by atoms with Crippen LogP contribution in [0.15, 0.2) is 29.6 Å². The molecule has 0 saturated heterocycles. The number of carbonyl (C=O) groups excluding carboxylic acids is 1. The minimum Gasteiger partial charge on any atom is -0.481 e. The normalized spacial score (nSPS) is 10.2. The molecule has 0 fully saturated rings. The Morgan fingerprint density at radius 3 is 2.85 bits per heavy atom. The first-order valence-electron chi connectivity index (χ1n) is 6.04. The molecule has 1 heterocycles. The lowest BCUT2D eigenvalue weighted by molar-refractivity contribution is -0.136. The van der Waals surface area contributed by atoms with Crippen LogP contribution in [0.3, 0.4) is 0 Å². The van der Waals surface area contributed by atoms with Gasteiger partial charge in [0, 0.05) is 5.38 Å². The summed E-state index contributed by atoms with van der Waals surface area (Å²) in [6, 6.07) is 7.73. The Kier molecular flexibility index (Phi) is 4.47. The molecular weight excluding hydrogens is 276 g/mol. The summed E-state index contributed by atoms with van der Waals surface area (Å²) >= 11 is 1.23. The largest absolute Gasteiger partial charge is 0.481 e. The third-order valence-electron chi connectivity index (χ3n) is 2.58. The molecule has 5 nitrogen and oxygen atoms in total. The molecule has 2 N–H and O–H groups in total. The van der Waals surface area contributed by atoms with Gasteiger partial charge in [0.15, 0.2) is 5.13 Å². The monoisotopic (exact) mass is 290 g/mol. The van der Waals surface area contributed by atoms with Crippen molar-refractivity contribution in [2.24, 2.45) is 0 Å². The molecule has 0 aliphatic rings. The quantitative estimate of drug-likeness (QED) is 0.885. The molecular formula is C14H14N2O3S. The van der Waals surface area contributed by atoms with Gasteiger partial charge in [-0.3, -0.25) is 9.59 Å². The number of carboxylic acids is 1. The van der Waals surface area contributed by atoms with E-state index >= 15 is 0 Å². The third kappa shape index (κ3) is 4.17. The van der Waals surface area contributed by atoms with E-state index in [1.54, 1.807) is 5.38 Å². The molecule has 0 aliphatic heterocycles. The van der Waals surface area contributed by atoms with E-state index in [1.165, 1.54) is 11.3 Å². The van der Waals surface area contributed by atoms with E-state index in [0.29, 0.717) is 10.8 Å². The maximum absolute atomic E-state index is 11.9. The lowest BCUT2D eigenvalue weighted by Gasteiger charge is -2.03. The molecule has 20 heavy (non-hydrogen) atoms. The van der Waals surface area contributed by atoms with Crippen molar-refractivity contribution in [3.8, 4) is 0 Å². The van der Waals surface area contributed by atoms with Crippen LogP contribution in [0.25, 0.3) is 0 Å². The summed E-state index contributed by atoms with van der Waals surface area (Å²) in [5.74, 6) is -1.10. The van der Waals surface area contributed by atoms with E-state index in [4.69, 9.17) is 5.11 Å². The SMILES string of the molecule is Cc1cccc(CC(=O)Nc2nc(CC(=O)O)cs2)c1. The Morgan fingerprint density at radius 2 is 2.15 bits per heavy atom. The average molecular weight is 290 g/mol. The van der Waals surface area contributed by atoms with Crippen molar-refractivity contribution >= 4 is 28.3 Å². The van der Waals surface area contributed by atoms with Gasteiger partial charge in [0.25, 0.3) is 0 Å². The standard InChI is InChI=1S/C14H14N2O3S/c1-9-3-2-4-10(5-9)6-12(17)16-14-15-11(8-20-14)7-13(18)19/h2-5,8H,6-7H2,1H3,(H,18,19)(H,15,16,17). The Morgan fingerprint density at radius 1 is 1.35 bits per heavy atom. The molecule has 1 aromatic carbocycles. The van der Waals surface area contributed by atoms with Crippen LogP contribution in [0.2, 0.25) is 0 Å². The molecule has 2 rings (SSSR count). The highest BCUT2D eigenvalue weighted by molar-refractivity contribution is 7.13. The second-order valence-corrected chi connectivity index (χ2v) is 5.29. The fourth-order valence-electron chi connectivity index (χ4n) is 1.77. The molecule has 0 aliphatic carbocycles. The Labute approximate surface area is 120 Å². The van der Waals surface area contributed by atoms with Crippen LogP contribution in [0.5, 0.6) is 0 Å². The van der Waals surface area contributed by atoms with Gasteiger partial charge in [0.2, 0.25) is 5.91 Å². The molecule has 0 radical (unpaired) electrons. The number of nitrogens with zero attached hydrogens (tertiary/aromatic N) is 1. The van der Waals surface area contributed by atoms with Crippen molar-refractivity contribution in [3.05, 3.63) is 46.5 Å². The molecule has 2 aromatic rings. The van der Waals surface area contributed by atoms with Crippen molar-refractivity contribution in [3.63, 3.8) is 0 Å². The molecule has 1 aromatic heterocycles. The van der Waals surface area contributed by atoms with Gasteiger partial charge in [0.05, 0.1) is 18.5 Å². The predicted molar refractivity (Wildman–Crippen MR) is 77.0 cm³/mol. The number of hydrogen-bond acceptors (Lipinski definition) is 4. The summed E-state index contributed by atoms with van der Waals surface area (Å²) in [6.45, 7) is 1.97. The summed E-state index contributed by atoms with van der Waals surface area (Å²) in [4.78, 5) is 26.5. The zero-order valence-electron chi connectivity index (χ0n) is 10.9. The molecule has 104 valence electrons. The topological polar surface area (TPSA) is 79.3 Å². The summed E-state index contributed by atoms with van der Waals surface area (Å²) in [5.41, 5.74) is 2.49. The second kappa shape index (κ2) is 6.29. The van der Waals surface area contributed by atoms with Gasteiger partial charge >= 0.3 is 5.97 Å². The number of carboxylic acid groups (broad SMARTS) is 1. The molecule has 1 amide bonds. The van der Waals surface area contributed by atoms with Crippen LogP contribution in [-0.2, 0) is 22.4 Å². The lowest BCUT2D eigenvalue weighted by atomic mass is 10.1. The maximum atomic E-state index is 11.9. The first kappa shape index (κ1) is 14.2. The van der Waals surface area contributed by atoms with Gasteiger partial charge in [-0.05, 0) is 12.5 Å².